The maximum Gasteiger partial charge on any atom is 0.362 e. The zero-order valence-electron chi connectivity index (χ0n) is 14.9. The second-order valence-electron chi connectivity index (χ2n) is 6.42. The first-order valence-electron chi connectivity index (χ1n) is 8.76. The predicted molar refractivity (Wildman–Crippen MR) is 95.8 cm³/mol. The summed E-state index contributed by atoms with van der Waals surface area (Å²) in [6, 6.07) is 6.69. The van der Waals surface area contributed by atoms with E-state index in [0.717, 1.165) is 31.2 Å². The number of primary sulfonamides is 1. The third-order valence-corrected chi connectivity index (χ3v) is 5.56. The molecule has 2 aromatic rings. The molecule has 1 aromatic heterocycles. The molecule has 3 rings (SSSR count). The van der Waals surface area contributed by atoms with Crippen LogP contribution in [0.3, 0.4) is 0 Å². The van der Waals surface area contributed by atoms with E-state index in [2.05, 4.69) is 15.4 Å². The average Bonchev–Trinajstić information content (AvgIpc) is 3.10. The lowest BCUT2D eigenvalue weighted by atomic mass is 9.83. The Hall–Kier alpha value is -2.46. The summed E-state index contributed by atoms with van der Waals surface area (Å²) >= 11 is 0. The Labute approximate surface area is 157 Å². The van der Waals surface area contributed by atoms with Gasteiger partial charge in [-0.15, -0.1) is 0 Å². The van der Waals surface area contributed by atoms with Crippen LogP contribution in [0.15, 0.2) is 29.2 Å². The van der Waals surface area contributed by atoms with Gasteiger partial charge in [0.1, 0.15) is 6.10 Å². The summed E-state index contributed by atoms with van der Waals surface area (Å²) in [4.78, 5) is 12.0. The van der Waals surface area contributed by atoms with Crippen LogP contribution < -0.4 is 9.88 Å². The van der Waals surface area contributed by atoms with Crippen LogP contribution in [-0.4, -0.2) is 42.5 Å². The van der Waals surface area contributed by atoms with E-state index in [-0.39, 0.29) is 29.2 Å². The minimum absolute atomic E-state index is 0.0665. The first-order chi connectivity index (χ1) is 12.9. The smallest absolute Gasteiger partial charge is 0.362 e. The highest BCUT2D eigenvalue weighted by Gasteiger charge is 2.27. The highest BCUT2D eigenvalue weighted by atomic mass is 32.2. The number of hydrogen-bond acceptors (Lipinski definition) is 7. The fourth-order valence-corrected chi connectivity index (χ4v) is 3.75. The van der Waals surface area contributed by atoms with Gasteiger partial charge in [0.15, 0.2) is 0 Å². The van der Waals surface area contributed by atoms with E-state index in [1.165, 1.54) is 12.1 Å². The molecule has 146 valence electrons. The summed E-state index contributed by atoms with van der Waals surface area (Å²) in [5.41, 5.74) is 1.20. The van der Waals surface area contributed by atoms with Crippen molar-refractivity contribution in [2.45, 2.75) is 49.5 Å². The molecule has 0 bridgehead atoms. The zero-order chi connectivity index (χ0) is 19.4. The van der Waals surface area contributed by atoms with Gasteiger partial charge in [0.05, 0.1) is 11.5 Å². The lowest BCUT2D eigenvalue weighted by Gasteiger charge is -2.28. The molecule has 1 saturated carbocycles. The Morgan fingerprint density at radius 2 is 1.89 bits per heavy atom. The topological polar surface area (TPSA) is 137 Å². The van der Waals surface area contributed by atoms with Gasteiger partial charge in [0.25, 0.3) is 5.88 Å². The summed E-state index contributed by atoms with van der Waals surface area (Å²) in [7, 11) is -3.68. The van der Waals surface area contributed by atoms with Gasteiger partial charge < -0.3 is 9.47 Å². The molecule has 1 fully saturated rings. The van der Waals surface area contributed by atoms with Crippen molar-refractivity contribution in [2.24, 2.45) is 5.14 Å². The number of esters is 1. The molecule has 1 aromatic carbocycles. The third kappa shape index (κ3) is 4.64. The maximum atomic E-state index is 11.8. The Morgan fingerprint density at radius 1 is 1.22 bits per heavy atom. The van der Waals surface area contributed by atoms with Gasteiger partial charge in [0, 0.05) is 0 Å². The van der Waals surface area contributed by atoms with Gasteiger partial charge in [-0.25, -0.2) is 23.4 Å². The first kappa shape index (κ1) is 19.3. The fraction of sp³-hybridized carbons (Fsp3) is 0.471. The van der Waals surface area contributed by atoms with Crippen LogP contribution in [0.25, 0.3) is 0 Å². The van der Waals surface area contributed by atoms with Gasteiger partial charge >= 0.3 is 5.97 Å². The van der Waals surface area contributed by atoms with Gasteiger partial charge in [-0.05, 0) is 56.2 Å². The molecule has 0 aliphatic heterocycles. The number of carbonyl (C=O) groups is 1. The van der Waals surface area contributed by atoms with Gasteiger partial charge in [0.2, 0.25) is 15.7 Å². The van der Waals surface area contributed by atoms with Crippen molar-refractivity contribution < 1.29 is 22.7 Å². The molecule has 0 unspecified atom stereocenters. The molecule has 1 aliphatic rings. The average molecular weight is 394 g/mol. The summed E-state index contributed by atoms with van der Waals surface area (Å²) in [6.45, 7) is 1.98. The van der Waals surface area contributed by atoms with Crippen LogP contribution in [0.2, 0.25) is 0 Å². The second-order valence-corrected chi connectivity index (χ2v) is 7.98. The van der Waals surface area contributed by atoms with E-state index in [1.807, 2.05) is 12.1 Å². The Morgan fingerprint density at radius 3 is 2.48 bits per heavy atom. The number of nitrogens with zero attached hydrogens (tertiary/aromatic N) is 2. The molecule has 10 heteroatoms. The molecule has 27 heavy (non-hydrogen) atoms. The number of H-pyrrole nitrogens is 1. The molecule has 0 amide bonds. The van der Waals surface area contributed by atoms with Gasteiger partial charge in [-0.3, -0.25) is 0 Å². The van der Waals surface area contributed by atoms with Gasteiger partial charge in [-0.2, -0.15) is 0 Å². The van der Waals surface area contributed by atoms with E-state index < -0.39 is 16.0 Å². The minimum atomic E-state index is -3.68. The number of carbonyl (C=O) groups excluding carboxylic acids is 1. The molecule has 0 spiro atoms. The van der Waals surface area contributed by atoms with Crippen molar-refractivity contribution in [3.05, 3.63) is 35.5 Å². The fourth-order valence-electron chi connectivity index (χ4n) is 3.24. The molecule has 0 atom stereocenters. The number of nitrogens with two attached hydrogens (primary N) is 1. The van der Waals surface area contributed by atoms with E-state index >= 15 is 0 Å². The highest BCUT2D eigenvalue weighted by molar-refractivity contribution is 7.89. The van der Waals surface area contributed by atoms with Crippen LogP contribution in [0, 0.1) is 0 Å². The summed E-state index contributed by atoms with van der Waals surface area (Å²) in [5.74, 6) is -0.0586. The van der Waals surface area contributed by atoms with Crippen molar-refractivity contribution in [2.75, 3.05) is 6.61 Å². The maximum absolute atomic E-state index is 11.8. The molecular formula is C17H22N4O5S. The van der Waals surface area contributed by atoms with Gasteiger partial charge in [-0.1, -0.05) is 22.4 Å². The lowest BCUT2D eigenvalue weighted by molar-refractivity contribution is 0.0508. The Balaban J connectivity index is 1.58. The standard InChI is InChI=1S/C17H22N4O5S/c1-2-25-17(22)15-16(20-21-19-15)26-13-7-3-11(4-8-13)12-5-9-14(10-6-12)27(18,23)24/h5-6,9-11,13H,2-4,7-8H2,1H3,(H2,18,23,24)(H,19,20,21). The van der Waals surface area contributed by atoms with E-state index in [9.17, 15) is 13.2 Å². The van der Waals surface area contributed by atoms with Crippen molar-refractivity contribution in [1.29, 1.82) is 0 Å². The largest absolute Gasteiger partial charge is 0.472 e. The number of sulfonamides is 1. The monoisotopic (exact) mass is 394 g/mol. The molecular weight excluding hydrogens is 372 g/mol. The third-order valence-electron chi connectivity index (χ3n) is 4.63. The number of hydrogen-bond donors (Lipinski definition) is 2. The lowest BCUT2D eigenvalue weighted by Crippen LogP contribution is -2.24. The van der Waals surface area contributed by atoms with Crippen molar-refractivity contribution in [1.82, 2.24) is 15.4 Å². The van der Waals surface area contributed by atoms with E-state index in [1.54, 1.807) is 6.92 Å². The minimum Gasteiger partial charge on any atom is -0.472 e. The molecule has 0 saturated heterocycles. The number of aromatic nitrogens is 3. The molecule has 1 heterocycles. The summed E-state index contributed by atoms with van der Waals surface area (Å²) in [5, 5.41) is 15.1. The number of benzene rings is 1. The number of rotatable bonds is 6. The summed E-state index contributed by atoms with van der Waals surface area (Å²) < 4.78 is 33.5. The quantitative estimate of drug-likeness (QED) is 0.712. The summed E-state index contributed by atoms with van der Waals surface area (Å²) in [6.07, 6.45) is 3.27. The van der Waals surface area contributed by atoms with Crippen LogP contribution in [0.1, 0.15) is 54.6 Å². The second kappa shape index (κ2) is 8.05. The highest BCUT2D eigenvalue weighted by Crippen LogP contribution is 2.34. The molecule has 1 aliphatic carbocycles. The van der Waals surface area contributed by atoms with E-state index in [0.29, 0.717) is 5.92 Å². The van der Waals surface area contributed by atoms with Crippen LogP contribution in [0.4, 0.5) is 0 Å². The molecule has 0 radical (unpaired) electrons. The Bertz CT molecular complexity index is 886. The zero-order valence-corrected chi connectivity index (χ0v) is 15.7. The van der Waals surface area contributed by atoms with E-state index in [4.69, 9.17) is 14.6 Å². The number of nitrogens with one attached hydrogen (secondary N) is 1. The number of ether oxygens (including phenoxy) is 2. The predicted octanol–water partition coefficient (Wildman–Crippen LogP) is 1.73. The normalized spacial score (nSPS) is 20.2. The van der Waals surface area contributed by atoms with Crippen molar-refractivity contribution in [3.63, 3.8) is 0 Å². The van der Waals surface area contributed by atoms with Crippen molar-refractivity contribution >= 4 is 16.0 Å². The number of aromatic amines is 1. The molecule has 9 nitrogen and oxygen atoms in total. The van der Waals surface area contributed by atoms with Crippen LogP contribution >= 0.6 is 0 Å². The SMILES string of the molecule is CCOC(=O)c1[nH]nnc1OC1CCC(c2ccc(S(N)(=O)=O)cc2)CC1. The van der Waals surface area contributed by atoms with Crippen molar-refractivity contribution in [3.8, 4) is 5.88 Å². The molecule has 3 N–H and O–H groups in total. The first-order valence-corrected chi connectivity index (χ1v) is 10.3. The Kier molecular flexibility index (Phi) is 5.76. The van der Waals surface area contributed by atoms with Crippen LogP contribution in [0.5, 0.6) is 5.88 Å². The van der Waals surface area contributed by atoms with Crippen LogP contribution in [-0.2, 0) is 14.8 Å².